The minimum atomic E-state index is -4.46. The van der Waals surface area contributed by atoms with E-state index >= 15 is 0 Å². The molecule has 0 spiro atoms. The number of nitrogens with two attached hydrogens (primary N) is 1. The summed E-state index contributed by atoms with van der Waals surface area (Å²) in [6.07, 6.45) is -7.20. The molecular weight excluding hydrogens is 572 g/mol. The van der Waals surface area contributed by atoms with Crippen LogP contribution in [0.5, 0.6) is 5.75 Å². The maximum Gasteiger partial charge on any atom is 0.389 e. The third-order valence-electron chi connectivity index (χ3n) is 5.95. The number of hydrogen-bond acceptors (Lipinski definition) is 4. The fourth-order valence-electron chi connectivity index (χ4n) is 4.03. The lowest BCUT2D eigenvalue weighted by Gasteiger charge is -2.30. The lowest BCUT2D eigenvalue weighted by molar-refractivity contribution is -0.138. The Balaban J connectivity index is 2.02. The van der Waals surface area contributed by atoms with Crippen molar-refractivity contribution in [1.29, 1.82) is 0 Å². The van der Waals surface area contributed by atoms with Gasteiger partial charge in [0.25, 0.3) is 5.91 Å². The molecular formula is C28H25Cl2F3N2O5. The number of rotatable bonds is 12. The van der Waals surface area contributed by atoms with E-state index in [0.717, 1.165) is 0 Å². The number of carboxylic acids is 1. The molecule has 2 atom stereocenters. The van der Waals surface area contributed by atoms with Crippen LogP contribution in [0.25, 0.3) is 0 Å². The van der Waals surface area contributed by atoms with Crippen LogP contribution in [0.15, 0.2) is 66.7 Å². The molecule has 3 aromatic rings. The van der Waals surface area contributed by atoms with Gasteiger partial charge in [0, 0.05) is 40.1 Å². The lowest BCUT2D eigenvalue weighted by Crippen LogP contribution is -2.26. The van der Waals surface area contributed by atoms with Gasteiger partial charge in [-0.15, -0.1) is 0 Å². The summed E-state index contributed by atoms with van der Waals surface area (Å²) in [4.78, 5) is 34.8. The molecule has 1 unspecified atom stereocenters. The molecule has 0 saturated heterocycles. The van der Waals surface area contributed by atoms with Crippen molar-refractivity contribution in [1.82, 2.24) is 5.32 Å². The Hall–Kier alpha value is -3.76. The number of carbonyl (C=O) groups excluding carboxylic acids is 2. The fourth-order valence-corrected chi connectivity index (χ4v) is 4.38. The smallest absolute Gasteiger partial charge is 0.389 e. The van der Waals surface area contributed by atoms with Crippen LogP contribution in [0, 0.1) is 0 Å². The lowest BCUT2D eigenvalue weighted by atomic mass is 9.85. The topological polar surface area (TPSA) is 119 Å². The number of halogens is 5. The number of nitrogens with one attached hydrogen (secondary N) is 1. The number of benzene rings is 3. The van der Waals surface area contributed by atoms with Crippen LogP contribution in [-0.2, 0) is 4.79 Å². The molecule has 0 radical (unpaired) electrons. The number of amides is 2. The molecule has 212 valence electrons. The van der Waals surface area contributed by atoms with Gasteiger partial charge in [0.15, 0.2) is 0 Å². The number of aliphatic carboxylic acids is 1. The van der Waals surface area contributed by atoms with E-state index in [1.54, 1.807) is 24.3 Å². The highest BCUT2D eigenvalue weighted by Crippen LogP contribution is 2.41. The van der Waals surface area contributed by atoms with Crippen LogP contribution in [0.2, 0.25) is 10.0 Å². The summed E-state index contributed by atoms with van der Waals surface area (Å²) in [5.41, 5.74) is 6.60. The number of primary amides is 1. The van der Waals surface area contributed by atoms with Gasteiger partial charge in [-0.3, -0.25) is 14.4 Å². The van der Waals surface area contributed by atoms with Gasteiger partial charge < -0.3 is 20.9 Å². The van der Waals surface area contributed by atoms with Gasteiger partial charge in [-0.2, -0.15) is 13.2 Å². The molecule has 0 aromatic heterocycles. The van der Waals surface area contributed by atoms with E-state index in [1.807, 2.05) is 0 Å². The minimum Gasteiger partial charge on any atom is -0.485 e. The summed E-state index contributed by atoms with van der Waals surface area (Å²) in [6.45, 7) is -0.0798. The average Bonchev–Trinajstić information content (AvgIpc) is 2.87. The van der Waals surface area contributed by atoms with E-state index in [4.69, 9.17) is 38.8 Å². The zero-order chi connectivity index (χ0) is 29.4. The quantitative estimate of drug-likeness (QED) is 0.219. The number of hydrogen-bond donors (Lipinski definition) is 3. The molecule has 0 aliphatic rings. The molecule has 0 saturated carbocycles. The molecule has 0 bridgehead atoms. The molecule has 3 aromatic carbocycles. The van der Waals surface area contributed by atoms with Crippen molar-refractivity contribution in [3.8, 4) is 5.75 Å². The third-order valence-corrected chi connectivity index (χ3v) is 6.42. The van der Waals surface area contributed by atoms with Gasteiger partial charge in [-0.1, -0.05) is 47.5 Å². The molecule has 12 heteroatoms. The number of alkyl halides is 3. The second-order valence-electron chi connectivity index (χ2n) is 8.91. The summed E-state index contributed by atoms with van der Waals surface area (Å²) in [6, 6.07) is 16.4. The standard InChI is InChI=1S/C28H25Cl2F3N2O5/c29-20-7-5-17(6-8-20)25(40-22-14-19(26(34)38)13-21(30)15-22)23(9-11-28(31,32)33)16-1-3-18(4-2-16)27(39)35-12-10-24(36)37/h1-8,13-15,23,25H,9-12H2,(H2,34,38)(H,35,39)(H,36,37)/t23-,25?/m1/s1. The fraction of sp³-hybridized carbons (Fsp3) is 0.250. The number of carbonyl (C=O) groups is 3. The molecule has 3 rings (SSSR count). The predicted molar refractivity (Wildman–Crippen MR) is 144 cm³/mol. The van der Waals surface area contributed by atoms with E-state index in [-0.39, 0.29) is 41.3 Å². The third kappa shape index (κ3) is 9.17. The maximum absolute atomic E-state index is 13.4. The Morgan fingerprint density at radius 1 is 0.900 bits per heavy atom. The summed E-state index contributed by atoms with van der Waals surface area (Å²) >= 11 is 12.2. The Morgan fingerprint density at radius 3 is 2.10 bits per heavy atom. The highest BCUT2D eigenvalue weighted by molar-refractivity contribution is 6.31. The Labute approximate surface area is 238 Å². The Morgan fingerprint density at radius 2 is 1.52 bits per heavy atom. The number of ether oxygens (including phenoxy) is 1. The van der Waals surface area contributed by atoms with Crippen molar-refractivity contribution < 1.29 is 37.4 Å². The Kier molecular flexibility index (Phi) is 10.4. The molecule has 0 fully saturated rings. The van der Waals surface area contributed by atoms with Crippen LogP contribution in [0.1, 0.15) is 63.1 Å². The average molecular weight is 597 g/mol. The van der Waals surface area contributed by atoms with Gasteiger partial charge in [0.2, 0.25) is 5.91 Å². The second kappa shape index (κ2) is 13.5. The van der Waals surface area contributed by atoms with Gasteiger partial charge in [-0.25, -0.2) is 0 Å². The predicted octanol–water partition coefficient (Wildman–Crippen LogP) is 6.54. The summed E-state index contributed by atoms with van der Waals surface area (Å²) < 4.78 is 46.4. The van der Waals surface area contributed by atoms with Crippen molar-refractivity contribution in [2.24, 2.45) is 5.73 Å². The van der Waals surface area contributed by atoms with E-state index < -0.39 is 42.4 Å². The van der Waals surface area contributed by atoms with Crippen molar-refractivity contribution in [3.63, 3.8) is 0 Å². The van der Waals surface area contributed by atoms with Crippen LogP contribution < -0.4 is 15.8 Å². The monoisotopic (exact) mass is 596 g/mol. The van der Waals surface area contributed by atoms with Crippen LogP contribution in [0.3, 0.4) is 0 Å². The molecule has 2 amide bonds. The first kappa shape index (κ1) is 30.8. The molecule has 0 heterocycles. The summed E-state index contributed by atoms with van der Waals surface area (Å²) in [5.74, 6) is -3.11. The van der Waals surface area contributed by atoms with Crippen molar-refractivity contribution in [2.75, 3.05) is 6.54 Å². The van der Waals surface area contributed by atoms with Gasteiger partial charge >= 0.3 is 12.1 Å². The van der Waals surface area contributed by atoms with E-state index in [1.165, 1.54) is 42.5 Å². The van der Waals surface area contributed by atoms with E-state index in [9.17, 15) is 27.6 Å². The zero-order valence-electron chi connectivity index (χ0n) is 20.9. The number of carboxylic acid groups (broad SMARTS) is 1. The van der Waals surface area contributed by atoms with E-state index in [2.05, 4.69) is 5.32 Å². The van der Waals surface area contributed by atoms with Gasteiger partial charge in [-0.05, 0) is 60.0 Å². The molecule has 0 aliphatic carbocycles. The molecule has 0 aliphatic heterocycles. The minimum absolute atomic E-state index is 0.0578. The van der Waals surface area contributed by atoms with Gasteiger partial charge in [0.05, 0.1) is 6.42 Å². The molecule has 4 N–H and O–H groups in total. The van der Waals surface area contributed by atoms with Crippen LogP contribution >= 0.6 is 23.2 Å². The summed E-state index contributed by atoms with van der Waals surface area (Å²) in [7, 11) is 0. The summed E-state index contributed by atoms with van der Waals surface area (Å²) in [5, 5.41) is 11.8. The molecule has 7 nitrogen and oxygen atoms in total. The second-order valence-corrected chi connectivity index (χ2v) is 9.78. The normalized spacial score (nSPS) is 12.8. The first-order valence-electron chi connectivity index (χ1n) is 12.0. The van der Waals surface area contributed by atoms with Crippen molar-refractivity contribution in [2.45, 2.75) is 37.5 Å². The van der Waals surface area contributed by atoms with Crippen molar-refractivity contribution >= 4 is 41.0 Å². The van der Waals surface area contributed by atoms with Crippen molar-refractivity contribution in [3.05, 3.63) is 99.0 Å². The maximum atomic E-state index is 13.4. The van der Waals surface area contributed by atoms with E-state index in [0.29, 0.717) is 16.1 Å². The zero-order valence-corrected chi connectivity index (χ0v) is 22.4. The first-order chi connectivity index (χ1) is 18.8. The highest BCUT2D eigenvalue weighted by atomic mass is 35.5. The largest absolute Gasteiger partial charge is 0.485 e. The SMILES string of the molecule is NC(=O)c1cc(Cl)cc(OC(c2ccc(Cl)cc2)[C@H](CCC(F)(F)F)c2ccc(C(=O)NCCC(=O)O)cc2)c1. The van der Waals surface area contributed by atoms with Crippen LogP contribution in [-0.4, -0.2) is 35.6 Å². The van der Waals surface area contributed by atoms with Crippen LogP contribution in [0.4, 0.5) is 13.2 Å². The molecule has 40 heavy (non-hydrogen) atoms. The van der Waals surface area contributed by atoms with Gasteiger partial charge in [0.1, 0.15) is 11.9 Å². The highest BCUT2D eigenvalue weighted by Gasteiger charge is 2.34. The Bertz CT molecular complexity index is 1350. The first-order valence-corrected chi connectivity index (χ1v) is 12.8.